The molecule has 3 heterocycles. The van der Waals surface area contributed by atoms with E-state index in [1.165, 1.54) is 41.8 Å². The highest BCUT2D eigenvalue weighted by Gasteiger charge is 2.29. The molecule has 2 aromatic rings. The second kappa shape index (κ2) is 8.00. The topological polar surface area (TPSA) is 69.6 Å². The molecule has 0 unspecified atom stereocenters. The highest BCUT2D eigenvalue weighted by Crippen LogP contribution is 2.24. The Morgan fingerprint density at radius 3 is 2.11 bits per heavy atom. The molecule has 28 heavy (non-hydrogen) atoms. The Labute approximate surface area is 164 Å². The van der Waals surface area contributed by atoms with Crippen molar-refractivity contribution in [3.63, 3.8) is 0 Å². The third kappa shape index (κ3) is 3.95. The monoisotopic (exact) mass is 405 g/mol. The van der Waals surface area contributed by atoms with Gasteiger partial charge in [0.25, 0.3) is 0 Å². The number of benzene rings is 1. The molecule has 150 valence electrons. The lowest BCUT2D eigenvalue weighted by Gasteiger charge is -2.35. The maximum Gasteiger partial charge on any atom is 0.243 e. The Morgan fingerprint density at radius 2 is 1.46 bits per heavy atom. The zero-order valence-corrected chi connectivity index (χ0v) is 16.5. The molecule has 0 aliphatic carbocycles. The predicted molar refractivity (Wildman–Crippen MR) is 105 cm³/mol. The molecule has 0 radical (unpaired) electrons. The average Bonchev–Trinajstić information content (AvgIpc) is 2.74. The molecule has 0 saturated carbocycles. The van der Waals surface area contributed by atoms with Gasteiger partial charge >= 0.3 is 0 Å². The van der Waals surface area contributed by atoms with E-state index in [1.807, 2.05) is 6.07 Å². The summed E-state index contributed by atoms with van der Waals surface area (Å²) in [6.45, 7) is 3.76. The van der Waals surface area contributed by atoms with Crippen molar-refractivity contribution in [2.24, 2.45) is 0 Å². The van der Waals surface area contributed by atoms with Gasteiger partial charge < -0.3 is 9.80 Å². The summed E-state index contributed by atoms with van der Waals surface area (Å²) >= 11 is 0. The van der Waals surface area contributed by atoms with Crippen molar-refractivity contribution >= 4 is 21.7 Å². The van der Waals surface area contributed by atoms with E-state index < -0.39 is 15.8 Å². The number of aromatic nitrogens is 2. The second-order valence-electron chi connectivity index (χ2n) is 7.13. The third-order valence-electron chi connectivity index (χ3n) is 5.31. The van der Waals surface area contributed by atoms with Gasteiger partial charge in [0.05, 0.1) is 4.90 Å². The van der Waals surface area contributed by atoms with Gasteiger partial charge in [0.1, 0.15) is 23.8 Å². The minimum Gasteiger partial charge on any atom is -0.356 e. The number of piperazine rings is 1. The van der Waals surface area contributed by atoms with Crippen LogP contribution in [-0.2, 0) is 10.0 Å². The SMILES string of the molecule is O=S(=O)(c1cccc(F)c1)N1CCN(c2cc(N3CCCCC3)ncn2)CC1. The van der Waals surface area contributed by atoms with Crippen LogP contribution in [0.5, 0.6) is 0 Å². The lowest BCUT2D eigenvalue weighted by Crippen LogP contribution is -2.49. The quantitative estimate of drug-likeness (QED) is 0.776. The molecule has 0 spiro atoms. The summed E-state index contributed by atoms with van der Waals surface area (Å²) in [4.78, 5) is 13.1. The van der Waals surface area contributed by atoms with Crippen molar-refractivity contribution in [3.8, 4) is 0 Å². The second-order valence-corrected chi connectivity index (χ2v) is 9.07. The maximum absolute atomic E-state index is 13.4. The summed E-state index contributed by atoms with van der Waals surface area (Å²) in [6, 6.07) is 7.15. The summed E-state index contributed by atoms with van der Waals surface area (Å²) in [5.74, 6) is 1.20. The van der Waals surface area contributed by atoms with E-state index in [0.717, 1.165) is 30.8 Å². The van der Waals surface area contributed by atoms with E-state index in [1.54, 1.807) is 6.33 Å². The molecular formula is C19H24FN5O2S. The van der Waals surface area contributed by atoms with Gasteiger partial charge in [-0.1, -0.05) is 6.07 Å². The van der Waals surface area contributed by atoms with Crippen molar-refractivity contribution in [1.82, 2.24) is 14.3 Å². The largest absolute Gasteiger partial charge is 0.356 e. The fourth-order valence-corrected chi connectivity index (χ4v) is 5.19. The molecule has 1 aromatic carbocycles. The number of hydrogen-bond acceptors (Lipinski definition) is 6. The van der Waals surface area contributed by atoms with E-state index in [0.29, 0.717) is 26.2 Å². The summed E-state index contributed by atoms with van der Waals surface area (Å²) in [7, 11) is -3.69. The lowest BCUT2D eigenvalue weighted by molar-refractivity contribution is 0.383. The molecule has 0 atom stereocenters. The number of halogens is 1. The van der Waals surface area contributed by atoms with Crippen LogP contribution in [-0.4, -0.2) is 62.0 Å². The van der Waals surface area contributed by atoms with E-state index in [4.69, 9.17) is 0 Å². The Morgan fingerprint density at radius 1 is 0.821 bits per heavy atom. The van der Waals surface area contributed by atoms with Crippen molar-refractivity contribution in [1.29, 1.82) is 0 Å². The van der Waals surface area contributed by atoms with Crippen LogP contribution in [0.25, 0.3) is 0 Å². The van der Waals surface area contributed by atoms with Crippen LogP contribution in [0.15, 0.2) is 41.6 Å². The molecule has 7 nitrogen and oxygen atoms in total. The first kappa shape index (κ1) is 19.1. The maximum atomic E-state index is 13.4. The predicted octanol–water partition coefficient (Wildman–Crippen LogP) is 2.12. The van der Waals surface area contributed by atoms with Crippen molar-refractivity contribution in [2.45, 2.75) is 24.2 Å². The highest BCUT2D eigenvalue weighted by atomic mass is 32.2. The Kier molecular flexibility index (Phi) is 5.45. The van der Waals surface area contributed by atoms with Gasteiger partial charge in [0, 0.05) is 45.3 Å². The molecule has 2 saturated heterocycles. The van der Waals surface area contributed by atoms with Crippen LogP contribution >= 0.6 is 0 Å². The minimum absolute atomic E-state index is 0.00429. The zero-order chi connectivity index (χ0) is 19.6. The van der Waals surface area contributed by atoms with Gasteiger partial charge in [0.15, 0.2) is 0 Å². The van der Waals surface area contributed by atoms with Crippen LogP contribution in [0.1, 0.15) is 19.3 Å². The molecular weight excluding hydrogens is 381 g/mol. The third-order valence-corrected chi connectivity index (χ3v) is 7.21. The lowest BCUT2D eigenvalue weighted by atomic mass is 10.1. The number of sulfonamides is 1. The normalized spacial score (nSPS) is 19.0. The molecule has 0 amide bonds. The summed E-state index contributed by atoms with van der Waals surface area (Å²) in [5.41, 5.74) is 0. The fraction of sp³-hybridized carbons (Fsp3) is 0.474. The van der Waals surface area contributed by atoms with Gasteiger partial charge in [-0.05, 0) is 37.5 Å². The smallest absolute Gasteiger partial charge is 0.243 e. The molecule has 1 aromatic heterocycles. The fourth-order valence-electron chi connectivity index (χ4n) is 3.74. The van der Waals surface area contributed by atoms with E-state index in [-0.39, 0.29) is 4.90 Å². The zero-order valence-electron chi connectivity index (χ0n) is 15.7. The van der Waals surface area contributed by atoms with Crippen molar-refractivity contribution in [3.05, 3.63) is 42.5 Å². The molecule has 2 aliphatic heterocycles. The highest BCUT2D eigenvalue weighted by molar-refractivity contribution is 7.89. The first-order valence-corrected chi connectivity index (χ1v) is 11.1. The van der Waals surface area contributed by atoms with E-state index in [9.17, 15) is 12.8 Å². The van der Waals surface area contributed by atoms with Crippen molar-refractivity contribution in [2.75, 3.05) is 49.1 Å². The summed E-state index contributed by atoms with van der Waals surface area (Å²) in [5, 5.41) is 0. The van der Waals surface area contributed by atoms with Crippen LogP contribution in [0.4, 0.5) is 16.0 Å². The Balaban J connectivity index is 1.44. The first-order valence-electron chi connectivity index (χ1n) is 9.62. The molecule has 2 aliphatic rings. The summed E-state index contributed by atoms with van der Waals surface area (Å²) in [6.07, 6.45) is 5.19. The van der Waals surface area contributed by atoms with Crippen LogP contribution in [0.3, 0.4) is 0 Å². The standard InChI is InChI=1S/C19H24FN5O2S/c20-16-5-4-6-17(13-16)28(26,27)25-11-9-24(10-12-25)19-14-18(21-15-22-19)23-7-2-1-3-8-23/h4-6,13-15H,1-3,7-12H2. The molecule has 2 fully saturated rings. The number of hydrogen-bond donors (Lipinski definition) is 0. The molecule has 4 rings (SSSR count). The Hall–Kier alpha value is -2.26. The number of rotatable bonds is 4. The number of anilines is 2. The molecule has 0 bridgehead atoms. The minimum atomic E-state index is -3.69. The van der Waals surface area contributed by atoms with Gasteiger partial charge in [-0.2, -0.15) is 4.31 Å². The first-order chi connectivity index (χ1) is 13.5. The van der Waals surface area contributed by atoms with Crippen LogP contribution in [0.2, 0.25) is 0 Å². The summed E-state index contributed by atoms with van der Waals surface area (Å²) < 4.78 is 40.3. The molecule has 9 heteroatoms. The van der Waals surface area contributed by atoms with Crippen molar-refractivity contribution < 1.29 is 12.8 Å². The number of nitrogens with zero attached hydrogens (tertiary/aromatic N) is 5. The van der Waals surface area contributed by atoms with E-state index in [2.05, 4.69) is 19.8 Å². The Bertz CT molecular complexity index is 925. The van der Waals surface area contributed by atoms with Crippen LogP contribution < -0.4 is 9.80 Å². The van der Waals surface area contributed by atoms with Gasteiger partial charge in [0.2, 0.25) is 10.0 Å². The van der Waals surface area contributed by atoms with Gasteiger partial charge in [-0.15, -0.1) is 0 Å². The van der Waals surface area contributed by atoms with E-state index >= 15 is 0 Å². The van der Waals surface area contributed by atoms with Gasteiger partial charge in [-0.25, -0.2) is 22.8 Å². The van der Waals surface area contributed by atoms with Gasteiger partial charge in [-0.3, -0.25) is 0 Å². The average molecular weight is 405 g/mol. The van der Waals surface area contributed by atoms with Crippen LogP contribution in [0, 0.1) is 5.82 Å². The molecule has 0 N–H and O–H groups in total. The number of piperidine rings is 1.